The summed E-state index contributed by atoms with van der Waals surface area (Å²) in [6.45, 7) is 6.25. The zero-order chi connectivity index (χ0) is 31.3. The second kappa shape index (κ2) is 13.5. The van der Waals surface area contributed by atoms with Gasteiger partial charge in [0, 0.05) is 50.4 Å². The Labute approximate surface area is 263 Å². The molecule has 0 aliphatic carbocycles. The number of hydrogen-bond acceptors (Lipinski definition) is 5. The summed E-state index contributed by atoms with van der Waals surface area (Å²) in [6, 6.07) is 31.8. The second-order valence-electron chi connectivity index (χ2n) is 11.8. The molecule has 4 aromatic carbocycles. The van der Waals surface area contributed by atoms with Crippen LogP contribution in [0.25, 0.3) is 11.1 Å². The number of halogens is 1. The molecule has 6 nitrogen and oxygen atoms in total. The zero-order valence-electron chi connectivity index (χ0n) is 25.5. The number of carbonyl (C=O) groups is 2. The number of carbonyl (C=O) groups excluding carboxylic acids is 2. The molecule has 2 aliphatic rings. The molecule has 0 spiro atoms. The molecule has 1 atom stereocenters. The number of amides is 2. The van der Waals surface area contributed by atoms with Gasteiger partial charge < -0.3 is 10.0 Å². The van der Waals surface area contributed by atoms with Crippen LogP contribution in [0.5, 0.6) is 5.75 Å². The third kappa shape index (κ3) is 6.84. The van der Waals surface area contributed by atoms with E-state index in [0.717, 1.165) is 54.9 Å². The molecule has 230 valence electrons. The van der Waals surface area contributed by atoms with E-state index in [1.165, 1.54) is 22.9 Å². The van der Waals surface area contributed by atoms with Crippen LogP contribution < -0.4 is 10.2 Å². The lowest BCUT2D eigenvalue weighted by Gasteiger charge is -2.36. The van der Waals surface area contributed by atoms with E-state index >= 15 is 4.39 Å². The lowest BCUT2D eigenvalue weighted by molar-refractivity contribution is -0.134. The number of anilines is 1. The van der Waals surface area contributed by atoms with Crippen LogP contribution >= 0.6 is 0 Å². The molecule has 0 aromatic heterocycles. The summed E-state index contributed by atoms with van der Waals surface area (Å²) in [6.07, 6.45) is 1.44. The van der Waals surface area contributed by atoms with Crippen molar-refractivity contribution in [3.63, 3.8) is 0 Å². The van der Waals surface area contributed by atoms with Gasteiger partial charge in [0.15, 0.2) is 0 Å². The number of imide groups is 1. The first kappa shape index (κ1) is 30.3. The highest BCUT2D eigenvalue weighted by molar-refractivity contribution is 6.01. The van der Waals surface area contributed by atoms with Crippen molar-refractivity contribution in [3.05, 3.63) is 131 Å². The summed E-state index contributed by atoms with van der Waals surface area (Å²) in [4.78, 5) is 28.4. The fraction of sp³-hybridized carbons (Fsp3) is 0.263. The van der Waals surface area contributed by atoms with Crippen LogP contribution in [0.3, 0.4) is 0 Å². The fourth-order valence-electron chi connectivity index (χ4n) is 6.51. The molecule has 4 aromatic rings. The molecular formula is C38H38FN3O3. The largest absolute Gasteiger partial charge is 0.508 e. The molecular weight excluding hydrogens is 565 g/mol. The van der Waals surface area contributed by atoms with Gasteiger partial charge in [-0.3, -0.25) is 19.8 Å². The number of nitrogens with one attached hydrogen (secondary N) is 1. The molecule has 0 radical (unpaired) electrons. The first-order valence-corrected chi connectivity index (χ1v) is 15.7. The maximum absolute atomic E-state index is 15.0. The number of piperidine rings is 1. The predicted octanol–water partition coefficient (Wildman–Crippen LogP) is 6.74. The first-order chi connectivity index (χ1) is 21.9. The van der Waals surface area contributed by atoms with Crippen molar-refractivity contribution in [1.29, 1.82) is 0 Å². The Balaban J connectivity index is 1.13. The minimum absolute atomic E-state index is 0.231. The molecule has 2 heterocycles. The maximum Gasteiger partial charge on any atom is 0.234 e. The number of rotatable bonds is 8. The Morgan fingerprint density at radius 2 is 1.51 bits per heavy atom. The van der Waals surface area contributed by atoms with E-state index < -0.39 is 11.8 Å². The number of hydrogen-bond donors (Lipinski definition) is 2. The van der Waals surface area contributed by atoms with Gasteiger partial charge in [-0.1, -0.05) is 73.7 Å². The lowest BCUT2D eigenvalue weighted by atomic mass is 9.88. The number of piperazine rings is 1. The van der Waals surface area contributed by atoms with E-state index in [4.69, 9.17) is 0 Å². The van der Waals surface area contributed by atoms with Crippen LogP contribution in [0, 0.1) is 5.82 Å². The van der Waals surface area contributed by atoms with Gasteiger partial charge in [-0.25, -0.2) is 4.39 Å². The molecule has 45 heavy (non-hydrogen) atoms. The van der Waals surface area contributed by atoms with Crippen molar-refractivity contribution in [2.24, 2.45) is 0 Å². The van der Waals surface area contributed by atoms with Gasteiger partial charge in [0.25, 0.3) is 0 Å². The molecule has 2 saturated heterocycles. The Morgan fingerprint density at radius 3 is 2.13 bits per heavy atom. The zero-order valence-corrected chi connectivity index (χ0v) is 25.5. The smallest absolute Gasteiger partial charge is 0.234 e. The normalized spacial score (nSPS) is 18.0. The van der Waals surface area contributed by atoms with Gasteiger partial charge >= 0.3 is 0 Å². The Kier molecular flexibility index (Phi) is 9.08. The van der Waals surface area contributed by atoms with Crippen LogP contribution in [0.2, 0.25) is 0 Å². The van der Waals surface area contributed by atoms with Gasteiger partial charge in [-0.05, 0) is 76.6 Å². The first-order valence-electron chi connectivity index (χ1n) is 15.7. The standard InChI is InChI=1S/C38H38FN3O3/c1-2-32(27-6-4-3-5-7-27)37(29-11-15-31(43)16-12-29)28-9-13-30(14-10-28)42-22-20-41(21-23-42)25-26-8-17-33(35(39)24-26)34-18-19-36(44)40-38(34)45/h3-17,24,34,43H,2,18-23,25H2,1H3,(H,40,44,45). The van der Waals surface area contributed by atoms with Crippen molar-refractivity contribution in [2.45, 2.75) is 38.6 Å². The predicted molar refractivity (Wildman–Crippen MR) is 176 cm³/mol. The average molecular weight is 604 g/mol. The third-order valence-corrected chi connectivity index (χ3v) is 8.91. The number of nitrogens with zero attached hydrogens (tertiary/aromatic N) is 2. The van der Waals surface area contributed by atoms with Crippen molar-refractivity contribution >= 4 is 28.6 Å². The van der Waals surface area contributed by atoms with E-state index in [2.05, 4.69) is 70.6 Å². The molecule has 0 saturated carbocycles. The van der Waals surface area contributed by atoms with Crippen molar-refractivity contribution in [1.82, 2.24) is 10.2 Å². The second-order valence-corrected chi connectivity index (χ2v) is 11.8. The lowest BCUT2D eigenvalue weighted by Crippen LogP contribution is -2.46. The number of benzene rings is 4. The molecule has 2 N–H and O–H groups in total. The average Bonchev–Trinajstić information content (AvgIpc) is 3.06. The Hall–Kier alpha value is -4.75. The van der Waals surface area contributed by atoms with Crippen molar-refractivity contribution in [3.8, 4) is 5.75 Å². The van der Waals surface area contributed by atoms with E-state index in [0.29, 0.717) is 18.5 Å². The minimum atomic E-state index is -0.619. The van der Waals surface area contributed by atoms with Crippen LogP contribution in [-0.4, -0.2) is 48.0 Å². The van der Waals surface area contributed by atoms with Crippen LogP contribution in [-0.2, 0) is 16.1 Å². The van der Waals surface area contributed by atoms with Crippen LogP contribution in [0.1, 0.15) is 59.9 Å². The summed E-state index contributed by atoms with van der Waals surface area (Å²) in [5.41, 5.74) is 8.20. The SMILES string of the molecule is CCC(=C(c1ccc(O)cc1)c1ccc(N2CCN(Cc3ccc(C4CCC(=O)NC4=O)c(F)c3)CC2)cc1)c1ccccc1. The molecule has 2 aliphatic heterocycles. The Morgan fingerprint density at radius 1 is 0.844 bits per heavy atom. The van der Waals surface area contributed by atoms with E-state index in [9.17, 15) is 14.7 Å². The van der Waals surface area contributed by atoms with Crippen LogP contribution in [0.15, 0.2) is 97.1 Å². The molecule has 2 fully saturated rings. The van der Waals surface area contributed by atoms with E-state index in [1.54, 1.807) is 18.2 Å². The summed E-state index contributed by atoms with van der Waals surface area (Å²) in [5, 5.41) is 12.2. The summed E-state index contributed by atoms with van der Waals surface area (Å²) in [5.74, 6) is -1.48. The maximum atomic E-state index is 15.0. The topological polar surface area (TPSA) is 72.9 Å². The molecule has 2 amide bonds. The highest BCUT2D eigenvalue weighted by Gasteiger charge is 2.30. The molecule has 7 heteroatoms. The summed E-state index contributed by atoms with van der Waals surface area (Å²) in [7, 11) is 0. The number of phenolic OH excluding ortho intramolecular Hbond substituents is 1. The van der Waals surface area contributed by atoms with Gasteiger partial charge in [0.2, 0.25) is 11.8 Å². The van der Waals surface area contributed by atoms with Gasteiger partial charge in [0.1, 0.15) is 11.6 Å². The highest BCUT2D eigenvalue weighted by atomic mass is 19.1. The number of phenols is 1. The summed E-state index contributed by atoms with van der Waals surface area (Å²) < 4.78 is 15.0. The van der Waals surface area contributed by atoms with Gasteiger partial charge in [0.05, 0.1) is 5.92 Å². The molecule has 0 bridgehead atoms. The quantitative estimate of drug-likeness (QED) is 0.172. The number of aromatic hydroxyl groups is 1. The Bertz CT molecular complexity index is 1690. The van der Waals surface area contributed by atoms with Crippen molar-refractivity contribution < 1.29 is 19.1 Å². The third-order valence-electron chi connectivity index (χ3n) is 8.91. The van der Waals surface area contributed by atoms with E-state index in [1.807, 2.05) is 24.3 Å². The van der Waals surface area contributed by atoms with Gasteiger partial charge in [-0.15, -0.1) is 0 Å². The van der Waals surface area contributed by atoms with Crippen LogP contribution in [0.4, 0.5) is 10.1 Å². The monoisotopic (exact) mass is 603 g/mol. The fourth-order valence-corrected chi connectivity index (χ4v) is 6.51. The number of allylic oxidation sites excluding steroid dienone is 1. The van der Waals surface area contributed by atoms with Gasteiger partial charge in [-0.2, -0.15) is 0 Å². The summed E-state index contributed by atoms with van der Waals surface area (Å²) >= 11 is 0. The highest BCUT2D eigenvalue weighted by Crippen LogP contribution is 2.36. The van der Waals surface area contributed by atoms with E-state index in [-0.39, 0.29) is 23.9 Å². The van der Waals surface area contributed by atoms with Crippen molar-refractivity contribution in [2.75, 3.05) is 31.1 Å². The molecule has 6 rings (SSSR count). The minimum Gasteiger partial charge on any atom is -0.508 e. The molecule has 1 unspecified atom stereocenters.